The number of rotatable bonds is 6. The second kappa shape index (κ2) is 7.82. The molecule has 0 aromatic heterocycles. The Morgan fingerprint density at radius 3 is 2.43 bits per heavy atom. The van der Waals surface area contributed by atoms with Crippen molar-refractivity contribution in [2.24, 2.45) is 0 Å². The highest BCUT2D eigenvalue weighted by Gasteiger charge is 2.20. The first-order chi connectivity index (χ1) is 11.0. The summed E-state index contributed by atoms with van der Waals surface area (Å²) >= 11 is 0. The van der Waals surface area contributed by atoms with Gasteiger partial charge in [-0.3, -0.25) is 4.79 Å². The molecule has 0 radical (unpaired) electrons. The molecule has 0 unspecified atom stereocenters. The van der Waals surface area contributed by atoms with Gasteiger partial charge < -0.3 is 10.1 Å². The van der Waals surface area contributed by atoms with Crippen LogP contribution >= 0.6 is 0 Å². The van der Waals surface area contributed by atoms with Crippen molar-refractivity contribution in [2.75, 3.05) is 0 Å². The number of hydrogen-bond donors (Lipinski definition) is 1. The van der Waals surface area contributed by atoms with Crippen LogP contribution in [0.4, 0.5) is 0 Å². The highest BCUT2D eigenvalue weighted by atomic mass is 16.5. The third-order valence-corrected chi connectivity index (χ3v) is 3.95. The molecule has 1 N–H and O–H groups in total. The minimum Gasteiger partial charge on any atom is -0.481 e. The van der Waals surface area contributed by atoms with E-state index in [1.165, 1.54) is 16.7 Å². The lowest BCUT2D eigenvalue weighted by Crippen LogP contribution is -2.38. The second-order valence-electron chi connectivity index (χ2n) is 5.90. The smallest absolute Gasteiger partial charge is 0.261 e. The lowest BCUT2D eigenvalue weighted by atomic mass is 9.97. The van der Waals surface area contributed by atoms with Crippen molar-refractivity contribution in [1.82, 2.24) is 5.32 Å². The van der Waals surface area contributed by atoms with Crippen molar-refractivity contribution in [3.8, 4) is 5.75 Å². The molecule has 0 saturated heterocycles. The minimum atomic E-state index is -0.530. The number of carbonyl (C=O) groups excluding carboxylic acids is 1. The number of amides is 1. The fourth-order valence-electron chi connectivity index (χ4n) is 2.66. The van der Waals surface area contributed by atoms with E-state index in [0.29, 0.717) is 5.75 Å². The standard InChI is InChI=1S/C20H25NO2/c1-5-19(18-12-11-14(2)13-15(18)3)21-20(22)16(4)23-17-9-7-6-8-10-17/h6-13,16,19H,5H2,1-4H3,(H,21,22)/t16-,19-/m0/s1. The SMILES string of the molecule is CC[C@H](NC(=O)[C@H](C)Oc1ccccc1)c1ccc(C)cc1C. The molecule has 0 aliphatic carbocycles. The number of benzene rings is 2. The number of nitrogens with one attached hydrogen (secondary N) is 1. The van der Waals surface area contributed by atoms with E-state index in [1.807, 2.05) is 30.3 Å². The van der Waals surface area contributed by atoms with Crippen LogP contribution in [0.5, 0.6) is 5.75 Å². The van der Waals surface area contributed by atoms with Gasteiger partial charge in [0.15, 0.2) is 6.10 Å². The first-order valence-corrected chi connectivity index (χ1v) is 8.10. The summed E-state index contributed by atoms with van der Waals surface area (Å²) in [6.07, 6.45) is 0.311. The van der Waals surface area contributed by atoms with Gasteiger partial charge in [0.1, 0.15) is 5.75 Å². The molecule has 3 nitrogen and oxygen atoms in total. The largest absolute Gasteiger partial charge is 0.481 e. The fraction of sp³-hybridized carbons (Fsp3) is 0.350. The molecular weight excluding hydrogens is 286 g/mol. The summed E-state index contributed by atoms with van der Waals surface area (Å²) in [5, 5.41) is 3.10. The molecular formula is C20H25NO2. The van der Waals surface area contributed by atoms with Gasteiger partial charge in [0.05, 0.1) is 6.04 Å². The van der Waals surface area contributed by atoms with E-state index < -0.39 is 6.10 Å². The van der Waals surface area contributed by atoms with Crippen molar-refractivity contribution in [3.63, 3.8) is 0 Å². The molecule has 0 heterocycles. The van der Waals surface area contributed by atoms with Crippen LogP contribution in [0.25, 0.3) is 0 Å². The van der Waals surface area contributed by atoms with Gasteiger partial charge in [0.25, 0.3) is 5.91 Å². The maximum absolute atomic E-state index is 12.4. The van der Waals surface area contributed by atoms with E-state index in [2.05, 4.69) is 44.3 Å². The predicted octanol–water partition coefficient (Wildman–Crippen LogP) is 4.34. The molecule has 23 heavy (non-hydrogen) atoms. The molecule has 2 rings (SSSR count). The molecule has 0 saturated carbocycles. The summed E-state index contributed by atoms with van der Waals surface area (Å²) in [4.78, 5) is 12.4. The van der Waals surface area contributed by atoms with Crippen LogP contribution in [-0.2, 0) is 4.79 Å². The summed E-state index contributed by atoms with van der Waals surface area (Å²) < 4.78 is 5.69. The highest BCUT2D eigenvalue weighted by molar-refractivity contribution is 5.81. The van der Waals surface area contributed by atoms with Crippen LogP contribution in [0.2, 0.25) is 0 Å². The van der Waals surface area contributed by atoms with Crippen LogP contribution < -0.4 is 10.1 Å². The summed E-state index contributed by atoms with van der Waals surface area (Å²) in [5.41, 5.74) is 3.60. The zero-order valence-corrected chi connectivity index (χ0v) is 14.3. The van der Waals surface area contributed by atoms with Gasteiger partial charge in [-0.2, -0.15) is 0 Å². The van der Waals surface area contributed by atoms with Crippen molar-refractivity contribution >= 4 is 5.91 Å². The monoisotopic (exact) mass is 311 g/mol. The van der Waals surface area contributed by atoms with Crippen LogP contribution in [0.15, 0.2) is 48.5 Å². The highest BCUT2D eigenvalue weighted by Crippen LogP contribution is 2.22. The molecule has 2 aromatic carbocycles. The van der Waals surface area contributed by atoms with E-state index in [4.69, 9.17) is 4.74 Å². The normalized spacial score (nSPS) is 13.2. The van der Waals surface area contributed by atoms with Gasteiger partial charge in [0, 0.05) is 0 Å². The Morgan fingerprint density at radius 2 is 1.83 bits per heavy atom. The average molecular weight is 311 g/mol. The van der Waals surface area contributed by atoms with E-state index in [9.17, 15) is 4.79 Å². The van der Waals surface area contributed by atoms with Crippen molar-refractivity contribution < 1.29 is 9.53 Å². The minimum absolute atomic E-state index is 0.00456. The number of carbonyl (C=O) groups is 1. The van der Waals surface area contributed by atoms with E-state index in [0.717, 1.165) is 6.42 Å². The van der Waals surface area contributed by atoms with Gasteiger partial charge in [-0.05, 0) is 50.5 Å². The lowest BCUT2D eigenvalue weighted by molar-refractivity contribution is -0.128. The van der Waals surface area contributed by atoms with E-state index in [-0.39, 0.29) is 11.9 Å². The molecule has 2 aromatic rings. The van der Waals surface area contributed by atoms with Crippen LogP contribution in [0.1, 0.15) is 43.0 Å². The molecule has 0 aliphatic heterocycles. The summed E-state index contributed by atoms with van der Waals surface area (Å²) in [6, 6.07) is 15.7. The molecule has 2 atom stereocenters. The Labute approximate surface area is 138 Å². The number of ether oxygens (including phenoxy) is 1. The summed E-state index contributed by atoms with van der Waals surface area (Å²) in [7, 11) is 0. The quantitative estimate of drug-likeness (QED) is 0.862. The maximum Gasteiger partial charge on any atom is 0.261 e. The Bertz CT molecular complexity index is 652. The summed E-state index contributed by atoms with van der Waals surface area (Å²) in [5.74, 6) is 0.607. The zero-order valence-electron chi connectivity index (χ0n) is 14.3. The Kier molecular flexibility index (Phi) is 5.80. The molecule has 122 valence electrons. The number of hydrogen-bond acceptors (Lipinski definition) is 2. The molecule has 3 heteroatoms. The molecule has 0 aliphatic rings. The van der Waals surface area contributed by atoms with Crippen molar-refractivity contribution in [3.05, 3.63) is 65.2 Å². The Morgan fingerprint density at radius 1 is 1.13 bits per heavy atom. The molecule has 0 fully saturated rings. The fourth-order valence-corrected chi connectivity index (χ4v) is 2.66. The van der Waals surface area contributed by atoms with Crippen molar-refractivity contribution in [2.45, 2.75) is 46.3 Å². The third kappa shape index (κ3) is 4.59. The third-order valence-electron chi connectivity index (χ3n) is 3.95. The lowest BCUT2D eigenvalue weighted by Gasteiger charge is -2.22. The zero-order chi connectivity index (χ0) is 16.8. The summed E-state index contributed by atoms with van der Waals surface area (Å²) in [6.45, 7) is 8.01. The van der Waals surface area contributed by atoms with Crippen LogP contribution in [0, 0.1) is 13.8 Å². The van der Waals surface area contributed by atoms with Crippen LogP contribution in [0.3, 0.4) is 0 Å². The predicted molar refractivity (Wildman–Crippen MR) is 93.6 cm³/mol. The average Bonchev–Trinajstić information content (AvgIpc) is 2.54. The Hall–Kier alpha value is -2.29. The number of para-hydroxylation sites is 1. The van der Waals surface area contributed by atoms with Gasteiger partial charge in [-0.1, -0.05) is 48.9 Å². The molecule has 0 spiro atoms. The van der Waals surface area contributed by atoms with Gasteiger partial charge in [-0.15, -0.1) is 0 Å². The van der Waals surface area contributed by atoms with Crippen LogP contribution in [-0.4, -0.2) is 12.0 Å². The van der Waals surface area contributed by atoms with E-state index in [1.54, 1.807) is 6.92 Å². The topological polar surface area (TPSA) is 38.3 Å². The number of aryl methyl sites for hydroxylation is 2. The first-order valence-electron chi connectivity index (χ1n) is 8.10. The van der Waals surface area contributed by atoms with E-state index >= 15 is 0 Å². The molecule has 0 bridgehead atoms. The Balaban J connectivity index is 2.04. The second-order valence-corrected chi connectivity index (χ2v) is 5.90. The first kappa shape index (κ1) is 17.1. The maximum atomic E-state index is 12.4. The molecule has 1 amide bonds. The van der Waals surface area contributed by atoms with Gasteiger partial charge >= 0.3 is 0 Å². The van der Waals surface area contributed by atoms with Gasteiger partial charge in [-0.25, -0.2) is 0 Å². The van der Waals surface area contributed by atoms with Gasteiger partial charge in [0.2, 0.25) is 0 Å². The van der Waals surface area contributed by atoms with Crippen molar-refractivity contribution in [1.29, 1.82) is 0 Å².